The summed E-state index contributed by atoms with van der Waals surface area (Å²) in [6, 6.07) is 0. The van der Waals surface area contributed by atoms with Crippen LogP contribution in [0.4, 0.5) is 0 Å². The van der Waals surface area contributed by atoms with Crippen LogP contribution in [0.15, 0.2) is 36.0 Å². The maximum Gasteiger partial charge on any atom is 0.309 e. The van der Waals surface area contributed by atoms with Gasteiger partial charge in [-0.05, 0) is 50.7 Å². The fourth-order valence-electron chi connectivity index (χ4n) is 5.40. The molecule has 10 atom stereocenters. The third-order valence-electron chi connectivity index (χ3n) is 8.06. The minimum Gasteiger partial charge on any atom is -0.458 e. The van der Waals surface area contributed by atoms with Gasteiger partial charge < -0.3 is 29.5 Å². The Labute approximate surface area is 234 Å². The highest BCUT2D eigenvalue weighted by molar-refractivity contribution is 5.70. The van der Waals surface area contributed by atoms with E-state index in [0.717, 1.165) is 5.57 Å². The normalized spacial score (nSPS) is 36.9. The number of cyclic esters (lactones) is 1. The van der Waals surface area contributed by atoms with Gasteiger partial charge in [0, 0.05) is 24.2 Å². The summed E-state index contributed by atoms with van der Waals surface area (Å²) in [5.41, 5.74) is 0.400. The van der Waals surface area contributed by atoms with Gasteiger partial charge in [-0.2, -0.15) is 0 Å². The Morgan fingerprint density at radius 3 is 2.46 bits per heavy atom. The molecule has 0 aromatic carbocycles. The maximum absolute atomic E-state index is 12.7. The molecule has 1 fully saturated rings. The van der Waals surface area contributed by atoms with Crippen LogP contribution >= 0.6 is 0 Å². The van der Waals surface area contributed by atoms with Crippen LogP contribution in [0.2, 0.25) is 0 Å². The summed E-state index contributed by atoms with van der Waals surface area (Å²) in [6.45, 7) is 14.9. The summed E-state index contributed by atoms with van der Waals surface area (Å²) in [5.74, 6) is -1.13. The van der Waals surface area contributed by atoms with Gasteiger partial charge in [0.25, 0.3) is 0 Å². The molecule has 0 bridgehead atoms. The van der Waals surface area contributed by atoms with Crippen LogP contribution in [0.25, 0.3) is 0 Å². The van der Waals surface area contributed by atoms with E-state index in [-0.39, 0.29) is 36.2 Å². The van der Waals surface area contributed by atoms with Crippen LogP contribution in [0.3, 0.4) is 0 Å². The van der Waals surface area contributed by atoms with Crippen molar-refractivity contribution >= 4 is 11.9 Å². The molecule has 3 N–H and O–H groups in total. The highest BCUT2D eigenvalue weighted by atomic mass is 16.6. The molecule has 0 radical (unpaired) electrons. The van der Waals surface area contributed by atoms with Crippen molar-refractivity contribution in [2.45, 2.75) is 124 Å². The predicted molar refractivity (Wildman–Crippen MR) is 150 cm³/mol. The number of carbonyl (C=O) groups excluding carboxylic acids is 2. The van der Waals surface area contributed by atoms with Crippen molar-refractivity contribution in [3.05, 3.63) is 36.0 Å². The molecule has 2 heterocycles. The zero-order valence-electron chi connectivity index (χ0n) is 24.9. The van der Waals surface area contributed by atoms with Crippen molar-refractivity contribution in [2.24, 2.45) is 23.2 Å². The van der Waals surface area contributed by atoms with Crippen LogP contribution in [-0.2, 0) is 23.8 Å². The Bertz CT molecular complexity index is 906. The standard InChI is InChI=1S/C31H50O8/c1-18(16-25(34)30-21(4)28(36)22(5)37-30)10-9-11-19(2)29-20(3)12-13-26(38-23(6)32)31(7,8)15-14-24(33)17-27(35)39-29/h9-13,18,20-22,24-26,28-30,33-34,36H,14-17H2,1-8H3/b10-9+,13-12+,19-11+. The van der Waals surface area contributed by atoms with E-state index in [2.05, 4.69) is 0 Å². The molecular formula is C31H50O8. The number of aliphatic hydroxyl groups is 3. The Hall–Kier alpha value is -2.00. The van der Waals surface area contributed by atoms with Gasteiger partial charge in [0.1, 0.15) is 12.2 Å². The lowest BCUT2D eigenvalue weighted by Crippen LogP contribution is -2.35. The topological polar surface area (TPSA) is 123 Å². The SMILES string of the molecule is CC(=O)OC1/C=C/C(C)C(/C(C)=C/C=C/C(C)CC(O)C2OC(C)C(O)C2C)OC(=O)CC(O)CCC1(C)C. The summed E-state index contributed by atoms with van der Waals surface area (Å²) in [7, 11) is 0. The molecule has 39 heavy (non-hydrogen) atoms. The highest BCUT2D eigenvalue weighted by Crippen LogP contribution is 2.33. The van der Waals surface area contributed by atoms with Gasteiger partial charge in [-0.15, -0.1) is 0 Å². The first-order chi connectivity index (χ1) is 18.1. The molecule has 1 saturated heterocycles. The van der Waals surface area contributed by atoms with Crippen LogP contribution < -0.4 is 0 Å². The number of ether oxygens (including phenoxy) is 3. The average molecular weight is 551 g/mol. The Kier molecular flexibility index (Phi) is 12.4. The Morgan fingerprint density at radius 2 is 1.87 bits per heavy atom. The van der Waals surface area contributed by atoms with Gasteiger partial charge in [0.05, 0.1) is 36.9 Å². The first-order valence-corrected chi connectivity index (χ1v) is 14.2. The second kappa shape index (κ2) is 14.6. The summed E-state index contributed by atoms with van der Waals surface area (Å²) < 4.78 is 17.2. The second-order valence-corrected chi connectivity index (χ2v) is 12.3. The number of carbonyl (C=O) groups is 2. The Morgan fingerprint density at radius 1 is 1.21 bits per heavy atom. The monoisotopic (exact) mass is 550 g/mol. The summed E-state index contributed by atoms with van der Waals surface area (Å²) in [4.78, 5) is 24.4. The predicted octanol–water partition coefficient (Wildman–Crippen LogP) is 4.27. The molecule has 8 nitrogen and oxygen atoms in total. The summed E-state index contributed by atoms with van der Waals surface area (Å²) in [5, 5.41) is 31.3. The molecule has 2 aliphatic rings. The molecule has 0 amide bonds. The van der Waals surface area contributed by atoms with Crippen LogP contribution in [0.5, 0.6) is 0 Å². The van der Waals surface area contributed by atoms with Crippen molar-refractivity contribution in [3.8, 4) is 0 Å². The zero-order valence-corrected chi connectivity index (χ0v) is 24.9. The molecule has 0 spiro atoms. The first-order valence-electron chi connectivity index (χ1n) is 14.2. The molecule has 0 aromatic rings. The lowest BCUT2D eigenvalue weighted by atomic mass is 9.80. The number of rotatable bonds is 7. The molecule has 2 aliphatic heterocycles. The van der Waals surface area contributed by atoms with E-state index >= 15 is 0 Å². The molecule has 0 saturated carbocycles. The number of allylic oxidation sites excluding steroid dienone is 3. The third kappa shape index (κ3) is 9.85. The number of hydrogen-bond acceptors (Lipinski definition) is 8. The van der Waals surface area contributed by atoms with E-state index in [1.807, 2.05) is 78.8 Å². The van der Waals surface area contributed by atoms with Crippen molar-refractivity contribution in [1.29, 1.82) is 0 Å². The lowest BCUT2D eigenvalue weighted by molar-refractivity contribution is -0.151. The molecule has 222 valence electrons. The molecule has 0 aromatic heterocycles. The lowest BCUT2D eigenvalue weighted by Gasteiger charge is -2.33. The van der Waals surface area contributed by atoms with Crippen molar-refractivity contribution < 1.29 is 39.1 Å². The van der Waals surface area contributed by atoms with Gasteiger partial charge in [0.2, 0.25) is 0 Å². The average Bonchev–Trinajstić information content (AvgIpc) is 3.10. The summed E-state index contributed by atoms with van der Waals surface area (Å²) >= 11 is 0. The smallest absolute Gasteiger partial charge is 0.309 e. The zero-order chi connectivity index (χ0) is 29.5. The van der Waals surface area contributed by atoms with Crippen LogP contribution in [0.1, 0.15) is 81.1 Å². The molecular weight excluding hydrogens is 500 g/mol. The van der Waals surface area contributed by atoms with Crippen molar-refractivity contribution in [1.82, 2.24) is 0 Å². The first kappa shape index (κ1) is 33.2. The number of aliphatic hydroxyl groups excluding tert-OH is 3. The fraction of sp³-hybridized carbons (Fsp3) is 0.742. The third-order valence-corrected chi connectivity index (χ3v) is 8.06. The van der Waals surface area contributed by atoms with Gasteiger partial charge in [-0.3, -0.25) is 9.59 Å². The minimum absolute atomic E-state index is 0.0472. The second-order valence-electron chi connectivity index (χ2n) is 12.3. The minimum atomic E-state index is -0.846. The number of esters is 2. The largest absolute Gasteiger partial charge is 0.458 e. The van der Waals surface area contributed by atoms with E-state index in [4.69, 9.17) is 14.2 Å². The van der Waals surface area contributed by atoms with Gasteiger partial charge in [0.15, 0.2) is 0 Å². The van der Waals surface area contributed by atoms with Gasteiger partial charge in [-0.25, -0.2) is 0 Å². The van der Waals surface area contributed by atoms with Gasteiger partial charge in [-0.1, -0.05) is 58.9 Å². The number of hydrogen-bond donors (Lipinski definition) is 3. The fourth-order valence-corrected chi connectivity index (χ4v) is 5.40. The van der Waals surface area contributed by atoms with E-state index in [1.165, 1.54) is 6.92 Å². The van der Waals surface area contributed by atoms with Crippen molar-refractivity contribution in [3.63, 3.8) is 0 Å². The van der Waals surface area contributed by atoms with Crippen LogP contribution in [0, 0.1) is 23.2 Å². The van der Waals surface area contributed by atoms with Crippen LogP contribution in [-0.4, -0.2) is 70.0 Å². The maximum atomic E-state index is 12.7. The van der Waals surface area contributed by atoms with E-state index in [9.17, 15) is 24.9 Å². The van der Waals surface area contributed by atoms with E-state index < -0.39 is 48.0 Å². The molecule has 10 unspecified atom stereocenters. The van der Waals surface area contributed by atoms with Gasteiger partial charge >= 0.3 is 11.9 Å². The quantitative estimate of drug-likeness (QED) is 0.244. The van der Waals surface area contributed by atoms with E-state index in [0.29, 0.717) is 19.3 Å². The molecule has 0 aliphatic carbocycles. The molecule has 2 rings (SSSR count). The van der Waals surface area contributed by atoms with Crippen molar-refractivity contribution in [2.75, 3.05) is 0 Å². The highest BCUT2D eigenvalue weighted by Gasteiger charge is 2.42. The Balaban J connectivity index is 2.16. The van der Waals surface area contributed by atoms with E-state index in [1.54, 1.807) is 0 Å². The molecule has 8 heteroatoms. The summed E-state index contributed by atoms with van der Waals surface area (Å²) in [6.07, 6.45) is 7.02.